The van der Waals surface area contributed by atoms with Crippen molar-refractivity contribution in [1.29, 1.82) is 0 Å². The number of rotatable bonds is 5. The first-order valence-electron chi connectivity index (χ1n) is 9.58. The summed E-state index contributed by atoms with van der Waals surface area (Å²) >= 11 is 0. The Hall–Kier alpha value is -2.70. The van der Waals surface area contributed by atoms with Crippen molar-refractivity contribution in [3.8, 4) is 0 Å². The number of halogens is 1. The van der Waals surface area contributed by atoms with Crippen molar-refractivity contribution in [3.63, 3.8) is 0 Å². The fourth-order valence-electron chi connectivity index (χ4n) is 3.93. The molecule has 6 nitrogen and oxygen atoms in total. The number of nitrogens with zero attached hydrogens (tertiary/aromatic N) is 3. The molecule has 27 heavy (non-hydrogen) atoms. The summed E-state index contributed by atoms with van der Waals surface area (Å²) in [4.78, 5) is 22.2. The number of carbonyl (C=O) groups is 1. The van der Waals surface area contributed by atoms with Crippen molar-refractivity contribution < 1.29 is 9.18 Å². The lowest BCUT2D eigenvalue weighted by atomic mass is 9.92. The van der Waals surface area contributed by atoms with Crippen molar-refractivity contribution in [3.05, 3.63) is 47.3 Å². The van der Waals surface area contributed by atoms with Crippen LogP contribution in [-0.2, 0) is 17.6 Å². The number of hydrogen-bond donors (Lipinski definition) is 2. The van der Waals surface area contributed by atoms with E-state index < -0.39 is 0 Å². The Balaban J connectivity index is 1.38. The summed E-state index contributed by atoms with van der Waals surface area (Å²) in [5, 5.41) is 7.30. The van der Waals surface area contributed by atoms with Gasteiger partial charge in [-0.2, -0.15) is 5.10 Å². The summed E-state index contributed by atoms with van der Waals surface area (Å²) in [5.41, 5.74) is 3.81. The van der Waals surface area contributed by atoms with E-state index in [0.717, 1.165) is 43.7 Å². The minimum atomic E-state index is -0.293. The maximum atomic E-state index is 13.3. The van der Waals surface area contributed by atoms with Gasteiger partial charge in [0, 0.05) is 37.5 Å². The van der Waals surface area contributed by atoms with E-state index in [1.54, 1.807) is 6.07 Å². The molecule has 4 rings (SSSR count). The maximum Gasteiger partial charge on any atom is 0.223 e. The number of carbonyl (C=O) groups excluding carboxylic acids is 1. The van der Waals surface area contributed by atoms with Crippen LogP contribution in [-0.4, -0.2) is 44.1 Å². The third-order valence-corrected chi connectivity index (χ3v) is 5.38. The molecule has 1 aliphatic rings. The molecule has 7 heteroatoms. The first kappa shape index (κ1) is 17.7. The minimum absolute atomic E-state index is 0.143. The second-order valence-electron chi connectivity index (χ2n) is 7.19. The lowest BCUT2D eigenvalue weighted by Gasteiger charge is -2.32. The molecule has 0 bridgehead atoms. The van der Waals surface area contributed by atoms with Gasteiger partial charge in [-0.1, -0.05) is 6.92 Å². The predicted molar refractivity (Wildman–Crippen MR) is 101 cm³/mol. The van der Waals surface area contributed by atoms with Gasteiger partial charge in [0.1, 0.15) is 11.6 Å². The number of likely N-dealkylation sites (tertiary alicyclic amines) is 1. The highest BCUT2D eigenvalue weighted by molar-refractivity contribution is 5.77. The largest absolute Gasteiger partial charge is 0.342 e. The van der Waals surface area contributed by atoms with E-state index in [1.165, 1.54) is 23.4 Å². The molecule has 142 valence electrons. The van der Waals surface area contributed by atoms with E-state index in [-0.39, 0.29) is 11.7 Å². The summed E-state index contributed by atoms with van der Waals surface area (Å²) in [6.45, 7) is 3.66. The van der Waals surface area contributed by atoms with Gasteiger partial charge >= 0.3 is 0 Å². The second-order valence-corrected chi connectivity index (χ2v) is 7.19. The average Bonchev–Trinajstić information content (AvgIpc) is 3.32. The Bertz CT molecular complexity index is 947. The summed E-state index contributed by atoms with van der Waals surface area (Å²) in [5.74, 6) is 0.899. The van der Waals surface area contributed by atoms with Crippen LogP contribution in [0.2, 0.25) is 0 Å². The number of aromatic amines is 2. The Labute approximate surface area is 157 Å². The van der Waals surface area contributed by atoms with Crippen molar-refractivity contribution in [2.24, 2.45) is 0 Å². The van der Waals surface area contributed by atoms with Crippen molar-refractivity contribution >= 4 is 16.9 Å². The zero-order valence-electron chi connectivity index (χ0n) is 15.5. The van der Waals surface area contributed by atoms with Crippen LogP contribution >= 0.6 is 0 Å². The fourth-order valence-corrected chi connectivity index (χ4v) is 3.93. The maximum absolute atomic E-state index is 13.3. The van der Waals surface area contributed by atoms with Gasteiger partial charge in [0.25, 0.3) is 0 Å². The molecule has 1 aliphatic heterocycles. The van der Waals surface area contributed by atoms with E-state index in [0.29, 0.717) is 24.3 Å². The van der Waals surface area contributed by atoms with Crippen molar-refractivity contribution in [2.75, 3.05) is 13.1 Å². The zero-order valence-corrected chi connectivity index (χ0v) is 15.5. The Morgan fingerprint density at radius 3 is 3.15 bits per heavy atom. The van der Waals surface area contributed by atoms with Gasteiger partial charge in [-0.25, -0.2) is 9.37 Å². The van der Waals surface area contributed by atoms with E-state index in [2.05, 4.69) is 27.1 Å². The molecule has 1 fully saturated rings. The molecule has 2 aromatic heterocycles. The first-order valence-corrected chi connectivity index (χ1v) is 9.58. The van der Waals surface area contributed by atoms with Crippen LogP contribution < -0.4 is 0 Å². The van der Waals surface area contributed by atoms with E-state index in [1.807, 2.05) is 11.1 Å². The van der Waals surface area contributed by atoms with Gasteiger partial charge in [0.2, 0.25) is 5.91 Å². The fraction of sp³-hybridized carbons (Fsp3) is 0.450. The summed E-state index contributed by atoms with van der Waals surface area (Å²) in [6, 6.07) is 4.47. The predicted octanol–water partition coefficient (Wildman–Crippen LogP) is 3.33. The molecule has 1 amide bonds. The molecule has 1 saturated heterocycles. The summed E-state index contributed by atoms with van der Waals surface area (Å²) in [6.07, 6.45) is 5.85. The number of H-pyrrole nitrogens is 2. The lowest BCUT2D eigenvalue weighted by Crippen LogP contribution is -2.39. The normalized spacial score (nSPS) is 17.6. The summed E-state index contributed by atoms with van der Waals surface area (Å²) in [7, 11) is 0. The molecular formula is C20H24FN5O. The van der Waals surface area contributed by atoms with Gasteiger partial charge in [-0.3, -0.25) is 9.89 Å². The SMILES string of the molecule is CCc1cn[nH]c1[C@@H]1CCCN(C(=O)CCc2nc3ccc(F)cc3[nH]2)C1. The second kappa shape index (κ2) is 7.50. The van der Waals surface area contributed by atoms with Gasteiger partial charge < -0.3 is 9.88 Å². The van der Waals surface area contributed by atoms with Crippen LogP contribution in [0.1, 0.15) is 49.2 Å². The number of aryl methyl sites for hydroxylation is 2. The molecule has 3 heterocycles. The number of piperidine rings is 1. The quantitative estimate of drug-likeness (QED) is 0.724. The lowest BCUT2D eigenvalue weighted by molar-refractivity contribution is -0.132. The Morgan fingerprint density at radius 1 is 1.41 bits per heavy atom. The first-order chi connectivity index (χ1) is 13.1. The molecule has 1 atom stereocenters. The number of imidazole rings is 1. The van der Waals surface area contributed by atoms with Gasteiger partial charge in [-0.05, 0) is 43.0 Å². The molecule has 0 spiro atoms. The number of fused-ring (bicyclic) bond motifs is 1. The molecule has 2 N–H and O–H groups in total. The molecule has 3 aromatic rings. The van der Waals surface area contributed by atoms with Crippen molar-refractivity contribution in [1.82, 2.24) is 25.1 Å². The van der Waals surface area contributed by atoms with E-state index in [4.69, 9.17) is 0 Å². The van der Waals surface area contributed by atoms with E-state index in [9.17, 15) is 9.18 Å². The van der Waals surface area contributed by atoms with Crippen LogP contribution in [0.25, 0.3) is 11.0 Å². The highest BCUT2D eigenvalue weighted by Gasteiger charge is 2.27. The van der Waals surface area contributed by atoms with Crippen LogP contribution in [0.15, 0.2) is 24.4 Å². The Kier molecular flexibility index (Phi) is 4.92. The van der Waals surface area contributed by atoms with Gasteiger partial charge in [-0.15, -0.1) is 0 Å². The average molecular weight is 369 g/mol. The number of aromatic nitrogens is 4. The highest BCUT2D eigenvalue weighted by atomic mass is 19.1. The topological polar surface area (TPSA) is 77.7 Å². The summed E-state index contributed by atoms with van der Waals surface area (Å²) < 4.78 is 13.3. The van der Waals surface area contributed by atoms with Crippen molar-refractivity contribution in [2.45, 2.75) is 44.9 Å². The van der Waals surface area contributed by atoms with Crippen LogP contribution in [0, 0.1) is 5.82 Å². The third-order valence-electron chi connectivity index (χ3n) is 5.38. The minimum Gasteiger partial charge on any atom is -0.342 e. The molecule has 0 aliphatic carbocycles. The molecule has 0 radical (unpaired) electrons. The third kappa shape index (κ3) is 3.72. The molecular weight excluding hydrogens is 345 g/mol. The molecule has 1 aromatic carbocycles. The van der Waals surface area contributed by atoms with Crippen LogP contribution in [0.4, 0.5) is 4.39 Å². The smallest absolute Gasteiger partial charge is 0.223 e. The van der Waals surface area contributed by atoms with Gasteiger partial charge in [0.05, 0.1) is 17.2 Å². The molecule has 0 unspecified atom stereocenters. The highest BCUT2D eigenvalue weighted by Crippen LogP contribution is 2.28. The van der Waals surface area contributed by atoms with E-state index >= 15 is 0 Å². The standard InChI is InChI=1S/C20H24FN5O/c1-2-13-11-22-25-20(13)14-4-3-9-26(12-14)19(27)8-7-18-23-16-6-5-15(21)10-17(16)24-18/h5-6,10-11,14H,2-4,7-9,12H2,1H3,(H,22,25)(H,23,24)/t14-/m1/s1. The zero-order chi connectivity index (χ0) is 18.8. The number of benzene rings is 1. The monoisotopic (exact) mass is 369 g/mol. The Morgan fingerprint density at radius 2 is 2.30 bits per heavy atom. The van der Waals surface area contributed by atoms with Crippen LogP contribution in [0.5, 0.6) is 0 Å². The number of nitrogens with one attached hydrogen (secondary N) is 2. The van der Waals surface area contributed by atoms with Crippen LogP contribution in [0.3, 0.4) is 0 Å². The van der Waals surface area contributed by atoms with Gasteiger partial charge in [0.15, 0.2) is 0 Å². The number of amides is 1. The number of hydrogen-bond acceptors (Lipinski definition) is 3. The molecule has 0 saturated carbocycles.